The summed E-state index contributed by atoms with van der Waals surface area (Å²) < 4.78 is 5.45. The van der Waals surface area contributed by atoms with Gasteiger partial charge in [0.15, 0.2) is 0 Å². The smallest absolute Gasteiger partial charge is 0.255 e. The van der Waals surface area contributed by atoms with E-state index < -0.39 is 5.60 Å². The molecule has 0 atom stereocenters. The van der Waals surface area contributed by atoms with Gasteiger partial charge < -0.3 is 20.9 Å². The van der Waals surface area contributed by atoms with Gasteiger partial charge in [-0.15, -0.1) is 0 Å². The van der Waals surface area contributed by atoms with Crippen LogP contribution in [0.3, 0.4) is 0 Å². The third-order valence-corrected chi connectivity index (χ3v) is 7.09. The molecule has 0 radical (unpaired) electrons. The van der Waals surface area contributed by atoms with E-state index in [4.69, 9.17) is 15.6 Å². The van der Waals surface area contributed by atoms with Crippen LogP contribution in [-0.4, -0.2) is 60.6 Å². The fourth-order valence-corrected chi connectivity index (χ4v) is 4.65. The number of aliphatic hydroxyl groups is 1. The van der Waals surface area contributed by atoms with Crippen molar-refractivity contribution in [2.45, 2.75) is 37.3 Å². The first-order valence-electron chi connectivity index (χ1n) is 13.0. The maximum absolute atomic E-state index is 13.2. The van der Waals surface area contributed by atoms with Crippen LogP contribution in [0.5, 0.6) is 0 Å². The number of ether oxygens (including phenoxy) is 1. The van der Waals surface area contributed by atoms with Crippen molar-refractivity contribution in [3.05, 3.63) is 77.4 Å². The lowest BCUT2D eigenvalue weighted by Crippen LogP contribution is -2.35. The molecule has 0 aliphatic carbocycles. The van der Waals surface area contributed by atoms with E-state index in [0.29, 0.717) is 35.5 Å². The number of amides is 1. The molecule has 3 aromatic carbocycles. The van der Waals surface area contributed by atoms with Gasteiger partial charge in [0.1, 0.15) is 0 Å². The fraction of sp³-hybridized carbons (Fsp3) is 0.333. The van der Waals surface area contributed by atoms with Crippen molar-refractivity contribution in [1.29, 1.82) is 0 Å². The lowest BCUT2D eigenvalue weighted by Gasteiger charge is -2.26. The van der Waals surface area contributed by atoms with Crippen LogP contribution in [0, 0.1) is 0 Å². The highest BCUT2D eigenvalue weighted by molar-refractivity contribution is 7.97. The Morgan fingerprint density at radius 3 is 2.59 bits per heavy atom. The highest BCUT2D eigenvalue weighted by Gasteiger charge is 2.16. The van der Waals surface area contributed by atoms with Crippen LogP contribution in [0.4, 0.5) is 11.4 Å². The predicted octanol–water partition coefficient (Wildman–Crippen LogP) is 4.57. The number of morpholine rings is 1. The van der Waals surface area contributed by atoms with Gasteiger partial charge in [-0.25, -0.2) is 0 Å². The van der Waals surface area contributed by atoms with E-state index in [-0.39, 0.29) is 5.91 Å². The molecule has 206 valence electrons. The Kier molecular flexibility index (Phi) is 9.77. The number of hydrogen-bond acceptors (Lipinski definition) is 8. The maximum Gasteiger partial charge on any atom is 0.255 e. The molecule has 0 bridgehead atoms. The Labute approximate surface area is 234 Å². The summed E-state index contributed by atoms with van der Waals surface area (Å²) in [5.41, 5.74) is 11.0. The van der Waals surface area contributed by atoms with E-state index >= 15 is 0 Å². The first kappa shape index (κ1) is 28.8. The van der Waals surface area contributed by atoms with Crippen molar-refractivity contribution < 1.29 is 14.6 Å². The molecule has 1 fully saturated rings. The van der Waals surface area contributed by atoms with E-state index in [1.54, 1.807) is 32.2 Å². The molecule has 0 saturated carbocycles. The van der Waals surface area contributed by atoms with Crippen LogP contribution >= 0.6 is 11.9 Å². The number of rotatable bonds is 10. The van der Waals surface area contributed by atoms with Gasteiger partial charge in [0.25, 0.3) is 5.91 Å². The van der Waals surface area contributed by atoms with Crippen molar-refractivity contribution >= 4 is 35.4 Å². The minimum Gasteiger partial charge on any atom is -0.398 e. The second kappa shape index (κ2) is 13.2. The molecule has 4 rings (SSSR count). The SMILES string of the molecule is CC(C)(O)CCN=Cc1cc(NC(=O)c2cccc(SN)c2)c(-c2ccc(CN3CCOCC3)cc2)cc1N. The highest BCUT2D eigenvalue weighted by atomic mass is 32.2. The Morgan fingerprint density at radius 1 is 1.15 bits per heavy atom. The first-order valence-corrected chi connectivity index (χ1v) is 13.9. The van der Waals surface area contributed by atoms with Crippen LogP contribution in [0.1, 0.15) is 41.8 Å². The molecule has 1 aliphatic rings. The number of benzene rings is 3. The maximum atomic E-state index is 13.2. The lowest BCUT2D eigenvalue weighted by atomic mass is 9.98. The molecule has 39 heavy (non-hydrogen) atoms. The highest BCUT2D eigenvalue weighted by Crippen LogP contribution is 2.33. The second-order valence-corrected chi connectivity index (χ2v) is 11.0. The topological polar surface area (TPSA) is 126 Å². The third kappa shape index (κ3) is 8.39. The molecular formula is C30H37N5O3S. The summed E-state index contributed by atoms with van der Waals surface area (Å²) in [7, 11) is 0. The summed E-state index contributed by atoms with van der Waals surface area (Å²) in [6.07, 6.45) is 2.22. The number of nitrogens with one attached hydrogen (secondary N) is 1. The molecule has 3 aromatic rings. The quantitative estimate of drug-likeness (QED) is 0.166. The van der Waals surface area contributed by atoms with E-state index in [0.717, 1.165) is 60.8 Å². The zero-order valence-corrected chi connectivity index (χ0v) is 23.3. The van der Waals surface area contributed by atoms with Crippen molar-refractivity contribution in [3.8, 4) is 11.1 Å². The molecule has 9 heteroatoms. The van der Waals surface area contributed by atoms with Gasteiger partial charge in [-0.3, -0.25) is 19.8 Å². The van der Waals surface area contributed by atoms with E-state index in [9.17, 15) is 9.90 Å². The van der Waals surface area contributed by atoms with Gasteiger partial charge in [-0.05, 0) is 73.7 Å². The third-order valence-electron chi connectivity index (χ3n) is 6.56. The molecule has 0 spiro atoms. The van der Waals surface area contributed by atoms with E-state index in [1.807, 2.05) is 24.3 Å². The zero-order valence-electron chi connectivity index (χ0n) is 22.5. The molecule has 0 unspecified atom stereocenters. The molecule has 8 nitrogen and oxygen atoms in total. The Morgan fingerprint density at radius 2 is 1.90 bits per heavy atom. The van der Waals surface area contributed by atoms with Gasteiger partial charge in [0.2, 0.25) is 0 Å². The number of aliphatic imine (C=N–C) groups is 1. The number of nitrogens with two attached hydrogens (primary N) is 2. The zero-order chi connectivity index (χ0) is 27.8. The number of nitrogen functional groups attached to an aromatic ring is 1. The monoisotopic (exact) mass is 547 g/mol. The standard InChI is InChI=1S/C30H37N5O3S/c1-30(2,37)10-11-33-19-24-17-28(34-29(36)23-4-3-5-25(16-23)39-32)26(18-27(24)31)22-8-6-21(7-9-22)20-35-12-14-38-15-13-35/h3-9,16-19,37H,10-15,20,31-32H2,1-2H3,(H,34,36). The molecule has 0 aromatic heterocycles. The number of carbonyl (C=O) groups is 1. The Hall–Kier alpha value is -3.21. The van der Waals surface area contributed by atoms with Crippen LogP contribution in [0.15, 0.2) is 70.6 Å². The van der Waals surface area contributed by atoms with Crippen LogP contribution in [0.25, 0.3) is 11.1 Å². The van der Waals surface area contributed by atoms with Gasteiger partial charge >= 0.3 is 0 Å². The summed E-state index contributed by atoms with van der Waals surface area (Å²) in [6, 6.07) is 19.2. The van der Waals surface area contributed by atoms with Gasteiger partial charge in [-0.2, -0.15) is 0 Å². The number of anilines is 2. The number of nitrogens with zero attached hydrogens (tertiary/aromatic N) is 2. The lowest BCUT2D eigenvalue weighted by molar-refractivity contribution is 0.0342. The van der Waals surface area contributed by atoms with Crippen LogP contribution < -0.4 is 16.2 Å². The van der Waals surface area contributed by atoms with Crippen molar-refractivity contribution in [2.24, 2.45) is 10.1 Å². The normalized spacial score (nSPS) is 14.6. The molecule has 1 aliphatic heterocycles. The van der Waals surface area contributed by atoms with Gasteiger partial charge in [0.05, 0.1) is 18.8 Å². The average Bonchev–Trinajstić information content (AvgIpc) is 2.93. The van der Waals surface area contributed by atoms with Crippen LogP contribution in [0.2, 0.25) is 0 Å². The van der Waals surface area contributed by atoms with Crippen LogP contribution in [-0.2, 0) is 11.3 Å². The number of carbonyl (C=O) groups excluding carboxylic acids is 1. The minimum atomic E-state index is -0.795. The summed E-state index contributed by atoms with van der Waals surface area (Å²) in [5, 5.41) is 18.7. The van der Waals surface area contributed by atoms with Crippen molar-refractivity contribution in [1.82, 2.24) is 4.90 Å². The summed E-state index contributed by atoms with van der Waals surface area (Å²) in [6.45, 7) is 8.22. The molecule has 1 heterocycles. The Balaban J connectivity index is 1.62. The molecule has 6 N–H and O–H groups in total. The molecular weight excluding hydrogens is 510 g/mol. The summed E-state index contributed by atoms with van der Waals surface area (Å²) >= 11 is 1.10. The minimum absolute atomic E-state index is 0.245. The van der Waals surface area contributed by atoms with Gasteiger partial charge in [0, 0.05) is 65.4 Å². The first-order chi connectivity index (χ1) is 18.7. The fourth-order valence-electron chi connectivity index (χ4n) is 4.30. The second-order valence-electron chi connectivity index (χ2n) is 10.3. The molecule has 1 saturated heterocycles. The average molecular weight is 548 g/mol. The van der Waals surface area contributed by atoms with Gasteiger partial charge in [-0.1, -0.05) is 30.3 Å². The Bertz CT molecular complexity index is 1300. The van der Waals surface area contributed by atoms with Crippen molar-refractivity contribution in [2.75, 3.05) is 43.9 Å². The number of hydrogen-bond donors (Lipinski definition) is 4. The van der Waals surface area contributed by atoms with E-state index in [1.165, 1.54) is 5.56 Å². The van der Waals surface area contributed by atoms with E-state index in [2.05, 4.69) is 39.5 Å². The molecule has 1 amide bonds. The largest absolute Gasteiger partial charge is 0.398 e. The summed E-state index contributed by atoms with van der Waals surface area (Å²) in [4.78, 5) is 20.9. The summed E-state index contributed by atoms with van der Waals surface area (Å²) in [5.74, 6) is -0.245. The van der Waals surface area contributed by atoms with Crippen molar-refractivity contribution in [3.63, 3.8) is 0 Å². The predicted molar refractivity (Wildman–Crippen MR) is 160 cm³/mol.